The number of aromatic nitrogens is 2. The Morgan fingerprint density at radius 3 is 2.32 bits per heavy atom. The van der Waals surface area contributed by atoms with Gasteiger partial charge in [-0.1, -0.05) is 24.3 Å². The Balaban J connectivity index is 1.94. The van der Waals surface area contributed by atoms with E-state index in [0.29, 0.717) is 10.3 Å². The Labute approximate surface area is 162 Å². The average Bonchev–Trinajstić information content (AvgIpc) is 3.37. The van der Waals surface area contributed by atoms with Crippen molar-refractivity contribution in [2.24, 2.45) is 7.05 Å². The molecule has 1 aromatic carbocycles. The van der Waals surface area contributed by atoms with Crippen molar-refractivity contribution in [1.82, 2.24) is 14.7 Å². The van der Waals surface area contributed by atoms with Gasteiger partial charge < -0.3 is 4.90 Å². The Morgan fingerprint density at radius 2 is 1.82 bits per heavy atom. The Bertz CT molecular complexity index is 922. The first-order valence-corrected chi connectivity index (χ1v) is 9.19. The summed E-state index contributed by atoms with van der Waals surface area (Å²) in [6, 6.07) is 3.97. The molecule has 0 spiro atoms. The van der Waals surface area contributed by atoms with Gasteiger partial charge in [-0.3, -0.25) is 4.79 Å². The molecule has 1 fully saturated rings. The zero-order valence-electron chi connectivity index (χ0n) is 16.5. The van der Waals surface area contributed by atoms with Crippen molar-refractivity contribution < 1.29 is 18.0 Å². The summed E-state index contributed by atoms with van der Waals surface area (Å²) >= 11 is 0. The minimum atomic E-state index is -3.03. The topological polar surface area (TPSA) is 38.1 Å². The highest BCUT2D eigenvalue weighted by atomic mass is 19.3. The lowest BCUT2D eigenvalue weighted by molar-refractivity contribution is 0.0747. The minimum absolute atomic E-state index is 0.0968. The van der Waals surface area contributed by atoms with Gasteiger partial charge in [-0.15, -0.1) is 0 Å². The van der Waals surface area contributed by atoms with Crippen LogP contribution in [-0.2, 0) is 7.05 Å². The molecule has 1 amide bonds. The number of rotatable bonds is 6. The highest BCUT2D eigenvalue weighted by Gasteiger charge is 2.38. The van der Waals surface area contributed by atoms with Crippen LogP contribution in [0.2, 0.25) is 0 Å². The number of carbonyl (C=O) groups excluding carboxylic acids is 1. The predicted octanol–water partition coefficient (Wildman–Crippen LogP) is 4.74. The van der Waals surface area contributed by atoms with E-state index in [0.717, 1.165) is 35.1 Å². The zero-order valence-corrected chi connectivity index (χ0v) is 16.5. The van der Waals surface area contributed by atoms with Crippen LogP contribution in [0.25, 0.3) is 5.57 Å². The molecule has 0 atom stereocenters. The number of hydrogen-bond acceptors (Lipinski definition) is 2. The van der Waals surface area contributed by atoms with Crippen molar-refractivity contribution in [3.8, 4) is 0 Å². The molecular weight excluding hydrogens is 367 g/mol. The second-order valence-corrected chi connectivity index (χ2v) is 7.52. The van der Waals surface area contributed by atoms with Crippen molar-refractivity contribution in [2.45, 2.75) is 46.1 Å². The number of benzene rings is 1. The van der Waals surface area contributed by atoms with Gasteiger partial charge in [0.05, 0.1) is 0 Å². The van der Waals surface area contributed by atoms with E-state index in [1.807, 2.05) is 32.9 Å². The molecular formula is C21H24F3N3O. The first kappa shape index (κ1) is 20.2. The molecule has 0 saturated heterocycles. The maximum Gasteiger partial charge on any atom is 0.283 e. The fourth-order valence-electron chi connectivity index (χ4n) is 3.79. The second-order valence-electron chi connectivity index (χ2n) is 7.52. The smallest absolute Gasteiger partial charge is 0.283 e. The number of nitrogens with zero attached hydrogens (tertiary/aromatic N) is 3. The number of hydrogen-bond donors (Lipinski definition) is 0. The first-order valence-electron chi connectivity index (χ1n) is 9.19. The molecule has 28 heavy (non-hydrogen) atoms. The summed E-state index contributed by atoms with van der Waals surface area (Å²) < 4.78 is 41.7. The molecule has 0 bridgehead atoms. The summed E-state index contributed by atoms with van der Waals surface area (Å²) in [6.07, 6.45) is -1.51. The number of amides is 1. The lowest BCUT2D eigenvalue weighted by Gasteiger charge is -2.25. The zero-order chi connectivity index (χ0) is 20.7. The van der Waals surface area contributed by atoms with Crippen LogP contribution in [0.15, 0.2) is 18.7 Å². The van der Waals surface area contributed by atoms with E-state index in [4.69, 9.17) is 0 Å². The lowest BCUT2D eigenvalue weighted by Crippen LogP contribution is -2.35. The van der Waals surface area contributed by atoms with E-state index in [9.17, 15) is 18.0 Å². The summed E-state index contributed by atoms with van der Waals surface area (Å²) in [7, 11) is 1.21. The molecule has 7 heteroatoms. The van der Waals surface area contributed by atoms with Gasteiger partial charge >= 0.3 is 0 Å². The van der Waals surface area contributed by atoms with Crippen LogP contribution in [0.1, 0.15) is 57.6 Å². The Hall–Kier alpha value is -2.57. The summed E-state index contributed by atoms with van der Waals surface area (Å²) in [4.78, 5) is 14.5. The normalized spacial score (nSPS) is 13.9. The molecule has 4 nitrogen and oxygen atoms in total. The largest absolute Gasteiger partial charge is 0.331 e. The number of carbonyl (C=O) groups is 1. The maximum absolute atomic E-state index is 14.4. The molecule has 1 saturated carbocycles. The summed E-state index contributed by atoms with van der Waals surface area (Å²) in [5.41, 5.74) is 3.39. The van der Waals surface area contributed by atoms with Gasteiger partial charge in [0.15, 0.2) is 0 Å². The second kappa shape index (κ2) is 7.45. The van der Waals surface area contributed by atoms with E-state index < -0.39 is 29.5 Å². The number of halogens is 3. The van der Waals surface area contributed by atoms with Gasteiger partial charge in [-0.05, 0) is 55.9 Å². The third-order valence-electron chi connectivity index (χ3n) is 5.07. The molecule has 0 unspecified atom stereocenters. The molecule has 1 aliphatic rings. The number of alkyl halides is 2. The monoisotopic (exact) mass is 391 g/mol. The van der Waals surface area contributed by atoms with Crippen LogP contribution in [0.3, 0.4) is 0 Å². The molecule has 0 N–H and O–H groups in total. The van der Waals surface area contributed by atoms with Gasteiger partial charge in [0.25, 0.3) is 12.3 Å². The van der Waals surface area contributed by atoms with Gasteiger partial charge in [-0.2, -0.15) is 9.49 Å². The predicted molar refractivity (Wildman–Crippen MR) is 102 cm³/mol. The third-order valence-corrected chi connectivity index (χ3v) is 5.07. The quantitative estimate of drug-likeness (QED) is 0.713. The van der Waals surface area contributed by atoms with E-state index in [2.05, 4.69) is 11.7 Å². The van der Waals surface area contributed by atoms with E-state index in [-0.39, 0.29) is 12.6 Å². The van der Waals surface area contributed by atoms with Crippen LogP contribution in [0.5, 0.6) is 0 Å². The van der Waals surface area contributed by atoms with Crippen molar-refractivity contribution in [2.75, 3.05) is 6.54 Å². The Morgan fingerprint density at radius 1 is 1.25 bits per heavy atom. The van der Waals surface area contributed by atoms with Crippen molar-refractivity contribution in [3.63, 3.8) is 0 Å². The fraction of sp³-hybridized carbons (Fsp3) is 0.429. The third kappa shape index (κ3) is 3.70. The molecule has 0 radical (unpaired) electrons. The van der Waals surface area contributed by atoms with Gasteiger partial charge in [0, 0.05) is 19.6 Å². The minimum Gasteiger partial charge on any atom is -0.331 e. The molecule has 0 aliphatic heterocycles. The fourth-order valence-corrected chi connectivity index (χ4v) is 3.79. The Kier molecular flexibility index (Phi) is 5.37. The number of aryl methyl sites for hydroxylation is 4. The highest BCUT2D eigenvalue weighted by molar-refractivity contribution is 5.97. The SMILES string of the molecule is C=C(CN(C(=O)c1c(C(F)F)nn(C)c1F)C1CC1)c1c(C)cc(C)cc1C. The molecule has 1 heterocycles. The van der Waals surface area contributed by atoms with Gasteiger partial charge in [-0.25, -0.2) is 13.5 Å². The molecule has 1 aromatic heterocycles. The summed E-state index contributed by atoms with van der Waals surface area (Å²) in [5.74, 6) is -1.80. The van der Waals surface area contributed by atoms with E-state index in [1.165, 1.54) is 11.9 Å². The molecule has 150 valence electrons. The highest BCUT2D eigenvalue weighted by Crippen LogP contribution is 2.34. The molecule has 1 aliphatic carbocycles. The van der Waals surface area contributed by atoms with E-state index in [1.54, 1.807) is 0 Å². The molecule has 3 rings (SSSR count). The first-order chi connectivity index (χ1) is 13.1. The lowest BCUT2D eigenvalue weighted by atomic mass is 9.94. The summed E-state index contributed by atoms with van der Waals surface area (Å²) in [6.45, 7) is 10.2. The average molecular weight is 391 g/mol. The van der Waals surface area contributed by atoms with Crippen LogP contribution >= 0.6 is 0 Å². The summed E-state index contributed by atoms with van der Waals surface area (Å²) in [5, 5.41) is 3.49. The molecule has 2 aromatic rings. The van der Waals surface area contributed by atoms with Crippen LogP contribution in [0.4, 0.5) is 13.2 Å². The van der Waals surface area contributed by atoms with Crippen LogP contribution in [0, 0.1) is 26.7 Å². The van der Waals surface area contributed by atoms with Crippen molar-refractivity contribution in [1.29, 1.82) is 0 Å². The maximum atomic E-state index is 14.4. The van der Waals surface area contributed by atoms with Crippen LogP contribution in [-0.4, -0.2) is 33.2 Å². The van der Waals surface area contributed by atoms with E-state index >= 15 is 0 Å². The standard InChI is InChI=1S/C21H24F3N3O/c1-11-8-12(2)16(13(3)9-11)14(4)10-27(15-6-7-15)21(28)17-18(19(22)23)25-26(5)20(17)24/h8-9,15,19H,4,6-7,10H2,1-3,5H3. The van der Waals surface area contributed by atoms with Gasteiger partial charge in [0.2, 0.25) is 5.95 Å². The van der Waals surface area contributed by atoms with Crippen molar-refractivity contribution >= 4 is 11.5 Å². The van der Waals surface area contributed by atoms with Crippen LogP contribution < -0.4 is 0 Å². The van der Waals surface area contributed by atoms with Gasteiger partial charge in [0.1, 0.15) is 11.3 Å². The van der Waals surface area contributed by atoms with Crippen molar-refractivity contribution in [3.05, 3.63) is 58.2 Å².